The lowest BCUT2D eigenvalue weighted by Crippen LogP contribution is -2.28. The Morgan fingerprint density at radius 2 is 2.35 bits per heavy atom. The molecule has 1 heterocycles. The zero-order chi connectivity index (χ0) is 12.5. The summed E-state index contributed by atoms with van der Waals surface area (Å²) in [6, 6.07) is 5.21. The van der Waals surface area contributed by atoms with Crippen molar-refractivity contribution in [3.05, 3.63) is 41.2 Å². The van der Waals surface area contributed by atoms with Crippen LogP contribution in [-0.2, 0) is 4.74 Å². The lowest BCUT2D eigenvalue weighted by Gasteiger charge is -2.05. The first kappa shape index (κ1) is 13.9. The predicted molar refractivity (Wildman–Crippen MR) is 69.9 cm³/mol. The number of nitrogens with zero attached hydrogens (tertiary/aromatic N) is 1. The van der Waals surface area contributed by atoms with E-state index in [1.54, 1.807) is 24.3 Å². The van der Waals surface area contributed by atoms with Gasteiger partial charge in [-0.1, -0.05) is 12.1 Å². The Kier molecular flexibility index (Phi) is 6.50. The molecular formula is C12H15BrN2O2. The molecule has 0 saturated carbocycles. The molecule has 92 valence electrons. The number of aromatic nitrogens is 1. The van der Waals surface area contributed by atoms with Crippen LogP contribution in [0.2, 0.25) is 0 Å². The van der Waals surface area contributed by atoms with E-state index in [4.69, 9.17) is 4.74 Å². The molecule has 0 aliphatic rings. The smallest absolute Gasteiger partial charge is 0.270 e. The van der Waals surface area contributed by atoms with Crippen LogP contribution in [-0.4, -0.2) is 30.6 Å². The maximum Gasteiger partial charge on any atom is 0.270 e. The Labute approximate surface area is 109 Å². The van der Waals surface area contributed by atoms with Gasteiger partial charge in [0.25, 0.3) is 5.91 Å². The van der Waals surface area contributed by atoms with Crippen molar-refractivity contribution < 1.29 is 9.53 Å². The van der Waals surface area contributed by atoms with Crippen LogP contribution in [0.5, 0.6) is 0 Å². The standard InChI is InChI=1S/C12H15BrN2O2/c1-2-3-8-17-9-7-14-12(16)10-5-4-6-11(13)15-10/h2,4-6H,1,3,7-9H2,(H,14,16). The van der Waals surface area contributed by atoms with Crippen LogP contribution in [0.15, 0.2) is 35.5 Å². The summed E-state index contributed by atoms with van der Waals surface area (Å²) in [6.45, 7) is 5.20. The molecular weight excluding hydrogens is 284 g/mol. The Bertz CT molecular complexity index is 383. The molecule has 0 spiro atoms. The zero-order valence-electron chi connectivity index (χ0n) is 9.49. The molecule has 1 aromatic rings. The van der Waals surface area contributed by atoms with Gasteiger partial charge in [0, 0.05) is 6.54 Å². The quantitative estimate of drug-likeness (QED) is 0.477. The van der Waals surface area contributed by atoms with E-state index in [1.165, 1.54) is 0 Å². The molecule has 0 fully saturated rings. The zero-order valence-corrected chi connectivity index (χ0v) is 11.1. The monoisotopic (exact) mass is 298 g/mol. The third-order valence-electron chi connectivity index (χ3n) is 1.95. The molecule has 0 unspecified atom stereocenters. The van der Waals surface area contributed by atoms with E-state index < -0.39 is 0 Å². The molecule has 0 saturated heterocycles. The van der Waals surface area contributed by atoms with Crippen LogP contribution in [0.25, 0.3) is 0 Å². The van der Waals surface area contributed by atoms with E-state index in [2.05, 4.69) is 32.8 Å². The second-order valence-electron chi connectivity index (χ2n) is 3.29. The number of carbonyl (C=O) groups excluding carboxylic acids is 1. The summed E-state index contributed by atoms with van der Waals surface area (Å²) in [4.78, 5) is 15.7. The van der Waals surface area contributed by atoms with Gasteiger partial charge in [0.2, 0.25) is 0 Å². The van der Waals surface area contributed by atoms with Gasteiger partial charge >= 0.3 is 0 Å². The van der Waals surface area contributed by atoms with Gasteiger partial charge in [-0.15, -0.1) is 6.58 Å². The number of rotatable bonds is 7. The highest BCUT2D eigenvalue weighted by Crippen LogP contribution is 2.05. The van der Waals surface area contributed by atoms with Crippen LogP contribution in [0, 0.1) is 0 Å². The largest absolute Gasteiger partial charge is 0.379 e. The maximum atomic E-state index is 11.6. The van der Waals surface area contributed by atoms with E-state index in [-0.39, 0.29) is 5.91 Å². The van der Waals surface area contributed by atoms with Crippen molar-refractivity contribution in [2.24, 2.45) is 0 Å². The van der Waals surface area contributed by atoms with Crippen molar-refractivity contribution in [3.63, 3.8) is 0 Å². The number of amides is 1. The molecule has 1 aromatic heterocycles. The second-order valence-corrected chi connectivity index (χ2v) is 4.10. The molecule has 0 aliphatic heterocycles. The molecule has 0 aliphatic carbocycles. The van der Waals surface area contributed by atoms with Gasteiger partial charge in [0.1, 0.15) is 10.3 Å². The molecule has 1 amide bonds. The summed E-state index contributed by atoms with van der Waals surface area (Å²) in [5, 5.41) is 2.73. The van der Waals surface area contributed by atoms with Crippen LogP contribution < -0.4 is 5.32 Å². The van der Waals surface area contributed by atoms with Crippen LogP contribution in [0.4, 0.5) is 0 Å². The number of halogens is 1. The number of nitrogens with one attached hydrogen (secondary N) is 1. The molecule has 17 heavy (non-hydrogen) atoms. The van der Waals surface area contributed by atoms with Crippen molar-refractivity contribution >= 4 is 21.8 Å². The second kappa shape index (κ2) is 7.97. The average molecular weight is 299 g/mol. The van der Waals surface area contributed by atoms with Crippen LogP contribution >= 0.6 is 15.9 Å². The molecule has 0 aromatic carbocycles. The molecule has 0 atom stereocenters. The number of carbonyl (C=O) groups is 1. The van der Waals surface area contributed by atoms with Gasteiger partial charge in [0.15, 0.2) is 0 Å². The maximum absolute atomic E-state index is 11.6. The van der Waals surface area contributed by atoms with Crippen molar-refractivity contribution in [3.8, 4) is 0 Å². The van der Waals surface area contributed by atoms with Crippen molar-refractivity contribution in [1.82, 2.24) is 10.3 Å². The molecule has 0 radical (unpaired) electrons. The molecule has 5 heteroatoms. The normalized spacial score (nSPS) is 9.94. The SMILES string of the molecule is C=CCCOCCNC(=O)c1cccc(Br)n1. The number of pyridine rings is 1. The first-order valence-corrected chi connectivity index (χ1v) is 6.12. The number of hydrogen-bond donors (Lipinski definition) is 1. The molecule has 1 rings (SSSR count). The van der Waals surface area contributed by atoms with Gasteiger partial charge in [-0.3, -0.25) is 4.79 Å². The van der Waals surface area contributed by atoms with Gasteiger partial charge in [-0.2, -0.15) is 0 Å². The molecule has 0 bridgehead atoms. The minimum absolute atomic E-state index is 0.196. The number of hydrogen-bond acceptors (Lipinski definition) is 3. The lowest BCUT2D eigenvalue weighted by molar-refractivity contribution is 0.0913. The Hall–Kier alpha value is -1.20. The Morgan fingerprint density at radius 1 is 1.53 bits per heavy atom. The van der Waals surface area contributed by atoms with Crippen LogP contribution in [0.3, 0.4) is 0 Å². The Morgan fingerprint density at radius 3 is 3.06 bits per heavy atom. The number of ether oxygens (including phenoxy) is 1. The first-order valence-electron chi connectivity index (χ1n) is 5.33. The van der Waals surface area contributed by atoms with Gasteiger partial charge in [-0.05, 0) is 34.5 Å². The third kappa shape index (κ3) is 5.60. The lowest BCUT2D eigenvalue weighted by atomic mass is 10.3. The summed E-state index contributed by atoms with van der Waals surface area (Å²) in [6.07, 6.45) is 2.62. The van der Waals surface area contributed by atoms with Crippen molar-refractivity contribution in [1.29, 1.82) is 0 Å². The molecule has 4 nitrogen and oxygen atoms in total. The summed E-state index contributed by atoms with van der Waals surface area (Å²) in [7, 11) is 0. The summed E-state index contributed by atoms with van der Waals surface area (Å²) in [5.74, 6) is -0.196. The van der Waals surface area contributed by atoms with E-state index in [1.807, 2.05) is 0 Å². The first-order chi connectivity index (χ1) is 8.24. The van der Waals surface area contributed by atoms with E-state index >= 15 is 0 Å². The minimum Gasteiger partial charge on any atom is -0.379 e. The fourth-order valence-electron chi connectivity index (χ4n) is 1.13. The van der Waals surface area contributed by atoms with Gasteiger partial charge in [0.05, 0.1) is 13.2 Å². The summed E-state index contributed by atoms with van der Waals surface area (Å²) < 4.78 is 5.91. The third-order valence-corrected chi connectivity index (χ3v) is 2.39. The summed E-state index contributed by atoms with van der Waals surface area (Å²) in [5.41, 5.74) is 0.394. The van der Waals surface area contributed by atoms with E-state index in [9.17, 15) is 4.79 Å². The van der Waals surface area contributed by atoms with E-state index in [0.717, 1.165) is 6.42 Å². The highest BCUT2D eigenvalue weighted by Gasteiger charge is 2.05. The Balaban J connectivity index is 2.23. The fourth-order valence-corrected chi connectivity index (χ4v) is 1.47. The van der Waals surface area contributed by atoms with Gasteiger partial charge < -0.3 is 10.1 Å². The highest BCUT2D eigenvalue weighted by molar-refractivity contribution is 9.10. The van der Waals surface area contributed by atoms with Crippen LogP contribution in [0.1, 0.15) is 16.9 Å². The van der Waals surface area contributed by atoms with Crippen molar-refractivity contribution in [2.75, 3.05) is 19.8 Å². The van der Waals surface area contributed by atoms with E-state index in [0.29, 0.717) is 30.1 Å². The molecule has 1 N–H and O–H groups in total. The highest BCUT2D eigenvalue weighted by atomic mass is 79.9. The summed E-state index contributed by atoms with van der Waals surface area (Å²) >= 11 is 3.22. The minimum atomic E-state index is -0.196. The van der Waals surface area contributed by atoms with Crippen molar-refractivity contribution in [2.45, 2.75) is 6.42 Å². The van der Waals surface area contributed by atoms with Gasteiger partial charge in [-0.25, -0.2) is 4.98 Å². The topological polar surface area (TPSA) is 51.2 Å². The predicted octanol–water partition coefficient (Wildman–Crippen LogP) is 2.17. The fraction of sp³-hybridized carbons (Fsp3) is 0.333. The average Bonchev–Trinajstić information content (AvgIpc) is 2.33.